The number of benzene rings is 3. The molecular formula is C21H20N3O4+. The third kappa shape index (κ3) is 6.30. The van der Waals surface area contributed by atoms with Gasteiger partial charge in [-0.25, -0.2) is 19.9 Å². The highest BCUT2D eigenvalue weighted by atomic mass is 16.4. The predicted octanol–water partition coefficient (Wildman–Crippen LogP) is 1.91. The molecule has 28 heavy (non-hydrogen) atoms. The zero-order valence-corrected chi connectivity index (χ0v) is 14.9. The summed E-state index contributed by atoms with van der Waals surface area (Å²) >= 11 is 0. The molecule has 0 amide bonds. The topological polar surface area (TPSA) is 127 Å². The van der Waals surface area contributed by atoms with Crippen LogP contribution < -0.4 is 16.0 Å². The van der Waals surface area contributed by atoms with Crippen LogP contribution in [-0.4, -0.2) is 28.1 Å². The number of aromatic carboxylic acids is 2. The third-order valence-electron chi connectivity index (χ3n) is 3.49. The van der Waals surface area contributed by atoms with Crippen molar-refractivity contribution >= 4 is 29.3 Å². The van der Waals surface area contributed by atoms with Crippen molar-refractivity contribution in [2.24, 2.45) is 5.73 Å². The number of carbonyl (C=O) groups is 2. The summed E-state index contributed by atoms with van der Waals surface area (Å²) in [6, 6.07) is 25.1. The number of rotatable bonds is 4. The van der Waals surface area contributed by atoms with Gasteiger partial charge >= 0.3 is 17.9 Å². The molecule has 0 radical (unpaired) electrons. The van der Waals surface area contributed by atoms with Crippen molar-refractivity contribution in [3.63, 3.8) is 0 Å². The molecule has 0 aliphatic carbocycles. The highest BCUT2D eigenvalue weighted by molar-refractivity contribution is 6.01. The number of carboxylic acid groups (broad SMARTS) is 2. The van der Waals surface area contributed by atoms with Crippen molar-refractivity contribution < 1.29 is 24.8 Å². The van der Waals surface area contributed by atoms with Gasteiger partial charge in [-0.3, -0.25) is 5.73 Å². The average molecular weight is 378 g/mol. The number of hydrogen-bond acceptors (Lipinski definition) is 2. The fourth-order valence-electron chi connectivity index (χ4n) is 2.24. The molecule has 7 nitrogen and oxygen atoms in total. The average Bonchev–Trinajstić information content (AvgIpc) is 2.70. The van der Waals surface area contributed by atoms with E-state index in [1.54, 1.807) is 0 Å². The Morgan fingerprint density at radius 2 is 1.14 bits per heavy atom. The monoisotopic (exact) mass is 378 g/mol. The number of hydrogen-bond donors (Lipinski definition) is 5. The van der Waals surface area contributed by atoms with Crippen LogP contribution in [0.2, 0.25) is 0 Å². The number of nitrogens with one attached hydrogen (secondary N) is 2. The fourth-order valence-corrected chi connectivity index (χ4v) is 2.24. The van der Waals surface area contributed by atoms with Gasteiger partial charge in [0.05, 0.1) is 22.5 Å². The van der Waals surface area contributed by atoms with Crippen LogP contribution in [-0.2, 0) is 0 Å². The zero-order chi connectivity index (χ0) is 20.4. The molecule has 3 rings (SSSR count). The molecule has 3 aromatic rings. The maximum atomic E-state index is 10.5. The maximum absolute atomic E-state index is 10.5. The number of carboxylic acids is 2. The first kappa shape index (κ1) is 20.2. The number of para-hydroxylation sites is 2. The standard InChI is InChI=1S/C13H13N3.C8H6O4/c14-13(15-11-7-3-1-4-8-11)16-12-9-5-2-6-10-12;9-7(10)5-3-1-2-4-6(5)8(11)12/h1-10H,(H3,14,15,16);1-4H,(H,9,10)(H,11,12)/p+1. The highest BCUT2D eigenvalue weighted by Crippen LogP contribution is 2.08. The summed E-state index contributed by atoms with van der Waals surface area (Å²) in [5, 5.41) is 20.2. The first-order chi connectivity index (χ1) is 13.5. The smallest absolute Gasteiger partial charge is 0.350 e. The molecule has 0 aliphatic heterocycles. The third-order valence-corrected chi connectivity index (χ3v) is 3.49. The van der Waals surface area contributed by atoms with E-state index in [4.69, 9.17) is 15.9 Å². The minimum atomic E-state index is -1.23. The first-order valence-electron chi connectivity index (χ1n) is 8.29. The Hall–Kier alpha value is -4.13. The van der Waals surface area contributed by atoms with Gasteiger partial charge < -0.3 is 10.2 Å². The van der Waals surface area contributed by atoms with E-state index in [0.29, 0.717) is 5.96 Å². The Labute approximate surface area is 161 Å². The van der Waals surface area contributed by atoms with Crippen LogP contribution in [0.5, 0.6) is 0 Å². The molecule has 0 unspecified atom stereocenters. The lowest BCUT2D eigenvalue weighted by Gasteiger charge is -1.98. The van der Waals surface area contributed by atoms with Crippen molar-refractivity contribution in [1.82, 2.24) is 0 Å². The van der Waals surface area contributed by atoms with Gasteiger partial charge in [-0.05, 0) is 36.4 Å². The van der Waals surface area contributed by atoms with Crippen LogP contribution >= 0.6 is 0 Å². The summed E-state index contributed by atoms with van der Waals surface area (Å²) < 4.78 is 0. The second-order valence-corrected chi connectivity index (χ2v) is 5.55. The first-order valence-corrected chi connectivity index (χ1v) is 8.29. The van der Waals surface area contributed by atoms with Crippen LogP contribution in [0.15, 0.2) is 84.9 Å². The van der Waals surface area contributed by atoms with Crippen molar-refractivity contribution in [3.05, 3.63) is 96.1 Å². The van der Waals surface area contributed by atoms with Crippen LogP contribution in [0.4, 0.5) is 11.4 Å². The molecule has 0 aromatic heterocycles. The summed E-state index contributed by atoms with van der Waals surface area (Å²) in [6.07, 6.45) is 0. The molecule has 3 aromatic carbocycles. The minimum Gasteiger partial charge on any atom is -0.478 e. The van der Waals surface area contributed by atoms with Gasteiger partial charge in [-0.1, -0.05) is 48.5 Å². The number of nitrogens with two attached hydrogens (primary N) is 1. The fraction of sp³-hybridized carbons (Fsp3) is 0. The molecule has 0 bridgehead atoms. The van der Waals surface area contributed by atoms with Gasteiger partial charge in [0.1, 0.15) is 0 Å². The van der Waals surface area contributed by atoms with Gasteiger partial charge in [0.15, 0.2) is 0 Å². The van der Waals surface area contributed by atoms with Gasteiger partial charge in [0.2, 0.25) is 0 Å². The van der Waals surface area contributed by atoms with Crippen LogP contribution in [0.1, 0.15) is 20.7 Å². The molecule has 7 heteroatoms. The number of anilines is 1. The summed E-state index contributed by atoms with van der Waals surface area (Å²) in [5.74, 6) is -1.95. The van der Waals surface area contributed by atoms with E-state index >= 15 is 0 Å². The summed E-state index contributed by atoms with van der Waals surface area (Å²) in [4.78, 5) is 24.0. The molecule has 0 fully saturated rings. The van der Waals surface area contributed by atoms with E-state index in [1.807, 2.05) is 60.7 Å². The zero-order valence-electron chi connectivity index (χ0n) is 14.9. The SMILES string of the molecule is NC(Nc1ccccc1)=[NH+]c1ccccc1.O=C(O)c1ccccc1C(=O)O. The van der Waals surface area contributed by atoms with E-state index in [0.717, 1.165) is 11.4 Å². The Morgan fingerprint density at radius 3 is 1.61 bits per heavy atom. The number of guanidine groups is 1. The van der Waals surface area contributed by atoms with Gasteiger partial charge in [-0.15, -0.1) is 0 Å². The van der Waals surface area contributed by atoms with Crippen LogP contribution in [0.3, 0.4) is 0 Å². The van der Waals surface area contributed by atoms with Crippen molar-refractivity contribution in [1.29, 1.82) is 0 Å². The van der Waals surface area contributed by atoms with Crippen molar-refractivity contribution in [3.8, 4) is 0 Å². The van der Waals surface area contributed by atoms with E-state index in [2.05, 4.69) is 10.3 Å². The molecular weight excluding hydrogens is 358 g/mol. The summed E-state index contributed by atoms with van der Waals surface area (Å²) in [7, 11) is 0. The summed E-state index contributed by atoms with van der Waals surface area (Å²) in [5.41, 5.74) is 7.38. The Balaban J connectivity index is 0.000000209. The van der Waals surface area contributed by atoms with Crippen LogP contribution in [0.25, 0.3) is 0 Å². The van der Waals surface area contributed by atoms with Gasteiger partial charge in [0, 0.05) is 0 Å². The van der Waals surface area contributed by atoms with Crippen molar-refractivity contribution in [2.45, 2.75) is 0 Å². The quantitative estimate of drug-likeness (QED) is 0.349. The normalized spacial score (nSPS) is 10.4. The minimum absolute atomic E-state index is 0.190. The summed E-state index contributed by atoms with van der Waals surface area (Å²) in [6.45, 7) is 0. The predicted molar refractivity (Wildman–Crippen MR) is 107 cm³/mol. The molecule has 0 saturated carbocycles. The molecule has 0 saturated heterocycles. The largest absolute Gasteiger partial charge is 0.478 e. The second-order valence-electron chi connectivity index (χ2n) is 5.55. The van der Waals surface area contributed by atoms with Gasteiger partial charge in [-0.2, -0.15) is 0 Å². The van der Waals surface area contributed by atoms with E-state index in [9.17, 15) is 9.59 Å². The Morgan fingerprint density at radius 1 is 0.714 bits per heavy atom. The lowest BCUT2D eigenvalue weighted by Crippen LogP contribution is -2.71. The Kier molecular flexibility index (Phi) is 7.30. The van der Waals surface area contributed by atoms with Crippen LogP contribution in [0, 0.1) is 0 Å². The molecule has 6 N–H and O–H groups in total. The molecule has 142 valence electrons. The molecule has 0 heterocycles. The van der Waals surface area contributed by atoms with E-state index < -0.39 is 11.9 Å². The Bertz CT molecular complexity index is 925. The molecule has 0 spiro atoms. The molecule has 0 atom stereocenters. The molecule has 0 aliphatic rings. The van der Waals surface area contributed by atoms with E-state index in [1.165, 1.54) is 24.3 Å². The lowest BCUT2D eigenvalue weighted by atomic mass is 10.1. The maximum Gasteiger partial charge on any atom is 0.350 e. The van der Waals surface area contributed by atoms with Crippen molar-refractivity contribution in [2.75, 3.05) is 5.32 Å². The van der Waals surface area contributed by atoms with E-state index in [-0.39, 0.29) is 11.1 Å². The second kappa shape index (κ2) is 10.1. The van der Waals surface area contributed by atoms with Gasteiger partial charge in [0.25, 0.3) is 0 Å². The lowest BCUT2D eigenvalue weighted by molar-refractivity contribution is -0.354. The highest BCUT2D eigenvalue weighted by Gasteiger charge is 2.13.